The van der Waals surface area contributed by atoms with Gasteiger partial charge in [-0.3, -0.25) is 9.59 Å². The maximum absolute atomic E-state index is 12.7. The first-order valence-corrected chi connectivity index (χ1v) is 8.80. The van der Waals surface area contributed by atoms with Crippen molar-refractivity contribution >= 4 is 23.8 Å². The highest BCUT2D eigenvalue weighted by Crippen LogP contribution is 2.10. The van der Waals surface area contributed by atoms with Crippen LogP contribution >= 0.6 is 0 Å². The number of rotatable bonds is 9. The van der Waals surface area contributed by atoms with Crippen LogP contribution < -0.4 is 5.32 Å². The molecule has 1 amide bonds. The van der Waals surface area contributed by atoms with E-state index in [4.69, 9.17) is 9.47 Å². The zero-order valence-corrected chi connectivity index (χ0v) is 15.7. The number of carbonyl (C=O) groups excluding carboxylic acids is 3. The Morgan fingerprint density at radius 3 is 2.00 bits per heavy atom. The summed E-state index contributed by atoms with van der Waals surface area (Å²) in [4.78, 5) is 47.8. The fourth-order valence-corrected chi connectivity index (χ4v) is 2.56. The number of alkyl carbamates (subject to hydrolysis) is 1. The number of ether oxygens (including phenoxy) is 2. The molecule has 2 atom stereocenters. The Labute approximate surface area is 167 Å². The maximum atomic E-state index is 12.7. The number of benzene rings is 2. The van der Waals surface area contributed by atoms with Gasteiger partial charge in [-0.15, -0.1) is 0 Å². The van der Waals surface area contributed by atoms with Gasteiger partial charge in [0.1, 0.15) is 12.6 Å². The summed E-state index contributed by atoms with van der Waals surface area (Å²) in [6.07, 6.45) is -3.04. The summed E-state index contributed by atoms with van der Waals surface area (Å²) in [6, 6.07) is 15.8. The van der Waals surface area contributed by atoms with Crippen LogP contribution in [0.1, 0.15) is 18.1 Å². The molecule has 0 aliphatic rings. The van der Waals surface area contributed by atoms with Crippen molar-refractivity contribution in [1.82, 2.24) is 5.32 Å². The van der Waals surface area contributed by atoms with Gasteiger partial charge in [-0.05, 0) is 11.1 Å². The van der Waals surface area contributed by atoms with Crippen LogP contribution in [0.25, 0.3) is 0 Å². The number of esters is 1. The van der Waals surface area contributed by atoms with E-state index in [0.717, 1.165) is 6.92 Å². The maximum Gasteiger partial charge on any atom is 0.408 e. The minimum atomic E-state index is -1.88. The number of nitrogens with one attached hydrogen (secondary N) is 1. The van der Waals surface area contributed by atoms with Gasteiger partial charge in [-0.25, -0.2) is 9.59 Å². The number of carbonyl (C=O) groups is 4. The summed E-state index contributed by atoms with van der Waals surface area (Å²) in [5, 5.41) is 11.6. The van der Waals surface area contributed by atoms with Crippen LogP contribution in [0.3, 0.4) is 0 Å². The molecule has 0 radical (unpaired) electrons. The SMILES string of the molecule is CC(=O)OC(C(=O)O)C(NC(=O)OCc1ccccc1)C(=O)Cc1ccccc1. The van der Waals surface area contributed by atoms with E-state index in [1.165, 1.54) is 0 Å². The average Bonchev–Trinajstić information content (AvgIpc) is 2.70. The highest BCUT2D eigenvalue weighted by atomic mass is 16.6. The lowest BCUT2D eigenvalue weighted by molar-refractivity contribution is -0.165. The van der Waals surface area contributed by atoms with Crippen molar-refractivity contribution in [2.75, 3.05) is 0 Å². The third-order valence-corrected chi connectivity index (χ3v) is 3.89. The Kier molecular flexibility index (Phi) is 7.90. The number of hydrogen-bond donors (Lipinski definition) is 2. The third kappa shape index (κ3) is 7.10. The first-order chi connectivity index (χ1) is 13.9. The summed E-state index contributed by atoms with van der Waals surface area (Å²) in [5.41, 5.74) is 1.33. The Morgan fingerprint density at radius 2 is 1.48 bits per heavy atom. The van der Waals surface area contributed by atoms with Gasteiger partial charge < -0.3 is 19.9 Å². The van der Waals surface area contributed by atoms with Gasteiger partial charge in [0, 0.05) is 13.3 Å². The van der Waals surface area contributed by atoms with Crippen molar-refractivity contribution in [3.63, 3.8) is 0 Å². The summed E-state index contributed by atoms with van der Waals surface area (Å²) in [7, 11) is 0. The molecule has 2 N–H and O–H groups in total. The smallest absolute Gasteiger partial charge is 0.408 e. The van der Waals surface area contributed by atoms with Crippen molar-refractivity contribution in [3.8, 4) is 0 Å². The van der Waals surface area contributed by atoms with Gasteiger partial charge in [0.2, 0.25) is 6.10 Å². The average molecular weight is 399 g/mol. The lowest BCUT2D eigenvalue weighted by Gasteiger charge is -2.23. The minimum Gasteiger partial charge on any atom is -0.478 e. The van der Waals surface area contributed by atoms with E-state index < -0.39 is 36.0 Å². The highest BCUT2D eigenvalue weighted by molar-refractivity contribution is 5.94. The quantitative estimate of drug-likeness (QED) is 0.620. The van der Waals surface area contributed by atoms with E-state index in [9.17, 15) is 24.3 Å². The van der Waals surface area contributed by atoms with Crippen LogP contribution in [0.2, 0.25) is 0 Å². The molecule has 0 aliphatic carbocycles. The molecule has 0 aromatic heterocycles. The molecule has 8 nitrogen and oxygen atoms in total. The molecule has 2 unspecified atom stereocenters. The molecule has 2 aromatic rings. The Hall–Kier alpha value is -3.68. The third-order valence-electron chi connectivity index (χ3n) is 3.89. The van der Waals surface area contributed by atoms with Crippen LogP contribution in [0, 0.1) is 0 Å². The largest absolute Gasteiger partial charge is 0.478 e. The molecule has 0 spiro atoms. The van der Waals surface area contributed by atoms with Crippen molar-refractivity contribution in [2.24, 2.45) is 0 Å². The van der Waals surface area contributed by atoms with Gasteiger partial charge in [0.25, 0.3) is 0 Å². The van der Waals surface area contributed by atoms with Crippen LogP contribution in [0.5, 0.6) is 0 Å². The second kappa shape index (κ2) is 10.6. The van der Waals surface area contributed by atoms with Gasteiger partial charge in [0.15, 0.2) is 5.78 Å². The normalized spacial score (nSPS) is 12.3. The molecule has 2 aromatic carbocycles. The van der Waals surface area contributed by atoms with Crippen LogP contribution in [-0.2, 0) is 36.9 Å². The molecule has 2 rings (SSSR count). The summed E-state index contributed by atoms with van der Waals surface area (Å²) in [6.45, 7) is 0.944. The summed E-state index contributed by atoms with van der Waals surface area (Å²) in [5.74, 6) is -3.09. The zero-order chi connectivity index (χ0) is 21.2. The molecular formula is C21H21NO7. The van der Waals surface area contributed by atoms with Crippen molar-refractivity contribution in [3.05, 3.63) is 71.8 Å². The topological polar surface area (TPSA) is 119 Å². The van der Waals surface area contributed by atoms with E-state index >= 15 is 0 Å². The number of hydrogen-bond acceptors (Lipinski definition) is 6. The van der Waals surface area contributed by atoms with Crippen LogP contribution in [0.15, 0.2) is 60.7 Å². The standard InChI is InChI=1S/C21H21NO7/c1-14(23)29-19(20(25)26)18(17(24)12-15-8-4-2-5-9-15)22-21(27)28-13-16-10-6-3-7-11-16/h2-11,18-19H,12-13H2,1H3,(H,22,27)(H,25,26). The fourth-order valence-electron chi connectivity index (χ4n) is 2.56. The first kappa shape index (κ1) is 21.6. The van der Waals surface area contributed by atoms with Gasteiger partial charge in [-0.1, -0.05) is 60.7 Å². The van der Waals surface area contributed by atoms with Crippen molar-refractivity contribution in [1.29, 1.82) is 0 Å². The Bertz CT molecular complexity index is 852. The molecule has 0 bridgehead atoms. The van der Waals surface area contributed by atoms with E-state index in [0.29, 0.717) is 11.1 Å². The molecular weight excluding hydrogens is 378 g/mol. The lowest BCUT2D eigenvalue weighted by atomic mass is 9.99. The molecule has 0 fully saturated rings. The second-order valence-electron chi connectivity index (χ2n) is 6.18. The number of ketones is 1. The number of carboxylic acid groups (broad SMARTS) is 1. The number of Topliss-reactive ketones (excluding diaryl/α,β-unsaturated/α-hetero) is 1. The van der Waals surface area contributed by atoms with Gasteiger partial charge in [-0.2, -0.15) is 0 Å². The number of amides is 1. The molecule has 0 aliphatic heterocycles. The lowest BCUT2D eigenvalue weighted by Crippen LogP contribution is -2.54. The zero-order valence-electron chi connectivity index (χ0n) is 15.7. The first-order valence-electron chi connectivity index (χ1n) is 8.80. The molecule has 0 saturated heterocycles. The highest BCUT2D eigenvalue weighted by Gasteiger charge is 2.37. The summed E-state index contributed by atoms with van der Waals surface area (Å²) < 4.78 is 9.83. The van der Waals surface area contributed by atoms with Gasteiger partial charge >= 0.3 is 18.0 Å². The summed E-state index contributed by atoms with van der Waals surface area (Å²) >= 11 is 0. The molecule has 29 heavy (non-hydrogen) atoms. The predicted octanol–water partition coefficient (Wildman–Crippen LogP) is 2.11. The number of carboxylic acids is 1. The molecule has 8 heteroatoms. The minimum absolute atomic E-state index is 0.0719. The van der Waals surface area contributed by atoms with E-state index in [-0.39, 0.29) is 13.0 Å². The van der Waals surface area contributed by atoms with Crippen molar-refractivity contribution in [2.45, 2.75) is 32.1 Å². The molecule has 0 saturated carbocycles. The monoisotopic (exact) mass is 399 g/mol. The number of aliphatic carboxylic acids is 1. The molecule has 152 valence electrons. The van der Waals surface area contributed by atoms with Gasteiger partial charge in [0.05, 0.1) is 0 Å². The van der Waals surface area contributed by atoms with Crippen LogP contribution in [-0.4, -0.2) is 41.1 Å². The molecule has 0 heterocycles. The fraction of sp³-hybridized carbons (Fsp3) is 0.238. The van der Waals surface area contributed by atoms with Crippen molar-refractivity contribution < 1.29 is 33.8 Å². The predicted molar refractivity (Wildman–Crippen MR) is 102 cm³/mol. The van der Waals surface area contributed by atoms with Crippen LogP contribution in [0.4, 0.5) is 4.79 Å². The Balaban J connectivity index is 2.13. The van der Waals surface area contributed by atoms with E-state index in [1.54, 1.807) is 60.7 Å². The van der Waals surface area contributed by atoms with E-state index in [1.807, 2.05) is 0 Å². The second-order valence-corrected chi connectivity index (χ2v) is 6.18. The Morgan fingerprint density at radius 1 is 0.931 bits per heavy atom. The van der Waals surface area contributed by atoms with E-state index in [2.05, 4.69) is 5.32 Å².